The van der Waals surface area contributed by atoms with Crippen LogP contribution in [-0.4, -0.2) is 35.6 Å². The van der Waals surface area contributed by atoms with Gasteiger partial charge in [-0.25, -0.2) is 0 Å². The summed E-state index contributed by atoms with van der Waals surface area (Å²) < 4.78 is 0. The molecule has 0 aromatic heterocycles. The number of aliphatic carboxylic acids is 1. The summed E-state index contributed by atoms with van der Waals surface area (Å²) in [5.41, 5.74) is 0. The van der Waals surface area contributed by atoms with Crippen LogP contribution in [0.1, 0.15) is 34.1 Å². The normalized spacial score (nSPS) is 13.6. The van der Waals surface area contributed by atoms with Gasteiger partial charge in [-0.2, -0.15) is 0 Å². The highest BCUT2D eigenvalue weighted by molar-refractivity contribution is 5.69. The molecule has 0 aliphatic carbocycles. The van der Waals surface area contributed by atoms with Crippen LogP contribution in [0.2, 0.25) is 0 Å². The number of rotatable bonds is 7. The molecule has 0 rings (SSSR count). The lowest BCUT2D eigenvalue weighted by molar-refractivity contribution is -0.141. The van der Waals surface area contributed by atoms with Crippen molar-refractivity contribution < 1.29 is 9.90 Å². The average molecular weight is 201 g/mol. The predicted molar refractivity (Wildman–Crippen MR) is 58.4 cm³/mol. The van der Waals surface area contributed by atoms with E-state index in [4.69, 9.17) is 5.11 Å². The molecule has 1 unspecified atom stereocenters. The zero-order valence-corrected chi connectivity index (χ0v) is 9.79. The van der Waals surface area contributed by atoms with Gasteiger partial charge in [0.2, 0.25) is 0 Å². The number of carboxylic acids is 1. The monoisotopic (exact) mass is 201 g/mol. The lowest BCUT2D eigenvalue weighted by Gasteiger charge is -2.23. The third kappa shape index (κ3) is 5.97. The third-order valence-corrected chi connectivity index (χ3v) is 2.42. The lowest BCUT2D eigenvalue weighted by atomic mass is 10.1. The zero-order valence-electron chi connectivity index (χ0n) is 9.79. The van der Waals surface area contributed by atoms with E-state index in [1.165, 1.54) is 0 Å². The molecule has 84 valence electrons. The van der Waals surface area contributed by atoms with E-state index in [-0.39, 0.29) is 5.92 Å². The Hall–Kier alpha value is -0.570. The molecular weight excluding hydrogens is 178 g/mol. The molecule has 0 aromatic carbocycles. The molecular formula is C11H23NO2. The van der Waals surface area contributed by atoms with Crippen molar-refractivity contribution in [3.8, 4) is 0 Å². The SMILES string of the molecule is CCN(CCC(C)C)CC(C)C(=O)O. The molecule has 0 radical (unpaired) electrons. The molecule has 0 aliphatic rings. The smallest absolute Gasteiger partial charge is 0.307 e. The summed E-state index contributed by atoms with van der Waals surface area (Å²) >= 11 is 0. The summed E-state index contributed by atoms with van der Waals surface area (Å²) in [6.07, 6.45) is 1.14. The van der Waals surface area contributed by atoms with Crippen molar-refractivity contribution in [3.05, 3.63) is 0 Å². The van der Waals surface area contributed by atoms with Gasteiger partial charge in [-0.3, -0.25) is 4.79 Å². The highest BCUT2D eigenvalue weighted by atomic mass is 16.4. The van der Waals surface area contributed by atoms with Gasteiger partial charge in [0.05, 0.1) is 5.92 Å². The van der Waals surface area contributed by atoms with Crippen LogP contribution >= 0.6 is 0 Å². The first-order valence-corrected chi connectivity index (χ1v) is 5.42. The topological polar surface area (TPSA) is 40.5 Å². The standard InChI is InChI=1S/C11H23NO2/c1-5-12(7-6-9(2)3)8-10(4)11(13)14/h9-10H,5-8H2,1-4H3,(H,13,14). The van der Waals surface area contributed by atoms with Crippen molar-refractivity contribution in [2.45, 2.75) is 34.1 Å². The van der Waals surface area contributed by atoms with Crippen LogP contribution in [0.25, 0.3) is 0 Å². The minimum Gasteiger partial charge on any atom is -0.481 e. The maximum absolute atomic E-state index is 10.7. The summed E-state index contributed by atoms with van der Waals surface area (Å²) in [5, 5.41) is 8.78. The molecule has 0 bridgehead atoms. The van der Waals surface area contributed by atoms with Gasteiger partial charge in [0.15, 0.2) is 0 Å². The van der Waals surface area contributed by atoms with Crippen molar-refractivity contribution in [1.29, 1.82) is 0 Å². The molecule has 0 saturated carbocycles. The van der Waals surface area contributed by atoms with Crippen molar-refractivity contribution >= 4 is 5.97 Å². The van der Waals surface area contributed by atoms with E-state index < -0.39 is 5.97 Å². The Morgan fingerprint density at radius 3 is 2.29 bits per heavy atom. The Morgan fingerprint density at radius 1 is 1.36 bits per heavy atom. The first-order valence-electron chi connectivity index (χ1n) is 5.42. The van der Waals surface area contributed by atoms with Gasteiger partial charge in [0.1, 0.15) is 0 Å². The van der Waals surface area contributed by atoms with Gasteiger partial charge < -0.3 is 10.0 Å². The van der Waals surface area contributed by atoms with Crippen molar-refractivity contribution in [2.75, 3.05) is 19.6 Å². The molecule has 3 nitrogen and oxygen atoms in total. The Morgan fingerprint density at radius 2 is 1.93 bits per heavy atom. The van der Waals surface area contributed by atoms with Crippen LogP contribution in [0.15, 0.2) is 0 Å². The lowest BCUT2D eigenvalue weighted by Crippen LogP contribution is -2.33. The molecule has 1 atom stereocenters. The van der Waals surface area contributed by atoms with Crippen LogP contribution in [0.3, 0.4) is 0 Å². The predicted octanol–water partition coefficient (Wildman–Crippen LogP) is 2.08. The van der Waals surface area contributed by atoms with Gasteiger partial charge in [0.25, 0.3) is 0 Å². The first kappa shape index (κ1) is 13.4. The van der Waals surface area contributed by atoms with Gasteiger partial charge in [-0.05, 0) is 25.4 Å². The Bertz CT molecular complexity index is 169. The molecule has 0 saturated heterocycles. The van der Waals surface area contributed by atoms with Gasteiger partial charge in [0, 0.05) is 6.54 Å². The maximum Gasteiger partial charge on any atom is 0.307 e. The van der Waals surface area contributed by atoms with Crippen LogP contribution in [0.5, 0.6) is 0 Å². The number of hydrogen-bond donors (Lipinski definition) is 1. The van der Waals surface area contributed by atoms with Crippen molar-refractivity contribution in [2.24, 2.45) is 11.8 Å². The van der Waals surface area contributed by atoms with Crippen LogP contribution in [-0.2, 0) is 4.79 Å². The molecule has 0 spiro atoms. The molecule has 14 heavy (non-hydrogen) atoms. The second-order valence-corrected chi connectivity index (χ2v) is 4.32. The fraction of sp³-hybridized carbons (Fsp3) is 0.909. The molecule has 3 heteroatoms. The van der Waals surface area contributed by atoms with Crippen LogP contribution in [0, 0.1) is 11.8 Å². The van der Waals surface area contributed by atoms with E-state index in [0.717, 1.165) is 19.5 Å². The zero-order chi connectivity index (χ0) is 11.1. The molecule has 0 aliphatic heterocycles. The minimum absolute atomic E-state index is 0.262. The number of carboxylic acid groups (broad SMARTS) is 1. The highest BCUT2D eigenvalue weighted by Crippen LogP contribution is 2.05. The summed E-state index contributed by atoms with van der Waals surface area (Å²) in [5.74, 6) is -0.278. The van der Waals surface area contributed by atoms with E-state index in [0.29, 0.717) is 12.5 Å². The first-order chi connectivity index (χ1) is 6.47. The van der Waals surface area contributed by atoms with Crippen LogP contribution in [0.4, 0.5) is 0 Å². The van der Waals surface area contributed by atoms with E-state index in [1.807, 2.05) is 0 Å². The number of carbonyl (C=O) groups is 1. The number of nitrogens with zero attached hydrogens (tertiary/aromatic N) is 1. The van der Waals surface area contributed by atoms with Gasteiger partial charge >= 0.3 is 5.97 Å². The Kier molecular flexibility index (Phi) is 6.54. The summed E-state index contributed by atoms with van der Waals surface area (Å²) in [6.45, 7) is 10.8. The van der Waals surface area contributed by atoms with Gasteiger partial charge in [-0.15, -0.1) is 0 Å². The maximum atomic E-state index is 10.7. The van der Waals surface area contributed by atoms with Crippen molar-refractivity contribution in [3.63, 3.8) is 0 Å². The van der Waals surface area contributed by atoms with E-state index in [2.05, 4.69) is 25.7 Å². The summed E-state index contributed by atoms with van der Waals surface area (Å²) in [7, 11) is 0. The molecule has 0 fully saturated rings. The van der Waals surface area contributed by atoms with E-state index >= 15 is 0 Å². The molecule has 0 heterocycles. The van der Waals surface area contributed by atoms with Crippen molar-refractivity contribution in [1.82, 2.24) is 4.90 Å². The van der Waals surface area contributed by atoms with Gasteiger partial charge in [-0.1, -0.05) is 27.7 Å². The molecule has 0 aromatic rings. The van der Waals surface area contributed by atoms with E-state index in [9.17, 15) is 4.79 Å². The second kappa shape index (κ2) is 6.82. The quantitative estimate of drug-likeness (QED) is 0.685. The molecule has 1 N–H and O–H groups in total. The third-order valence-electron chi connectivity index (χ3n) is 2.42. The van der Waals surface area contributed by atoms with E-state index in [1.54, 1.807) is 6.92 Å². The fourth-order valence-corrected chi connectivity index (χ4v) is 1.28. The Labute approximate surface area is 87.1 Å². The highest BCUT2D eigenvalue weighted by Gasteiger charge is 2.14. The molecule has 0 amide bonds. The summed E-state index contributed by atoms with van der Waals surface area (Å²) in [4.78, 5) is 12.9. The minimum atomic E-state index is -0.701. The summed E-state index contributed by atoms with van der Waals surface area (Å²) in [6, 6.07) is 0. The number of hydrogen-bond acceptors (Lipinski definition) is 2. The Balaban J connectivity index is 3.84. The fourth-order valence-electron chi connectivity index (χ4n) is 1.28. The second-order valence-electron chi connectivity index (χ2n) is 4.32. The largest absolute Gasteiger partial charge is 0.481 e. The van der Waals surface area contributed by atoms with Crippen LogP contribution < -0.4 is 0 Å². The average Bonchev–Trinajstić information content (AvgIpc) is 2.11.